The number of nitrogens with one attached hydrogen (secondary N) is 1. The number of fused-ring (bicyclic) bond motifs is 1. The van der Waals surface area contributed by atoms with E-state index in [1.54, 1.807) is 0 Å². The number of allylic oxidation sites excluding steroid dienone is 1. The molecule has 0 radical (unpaired) electrons. The molecule has 4 heteroatoms. The maximum Gasteiger partial charge on any atom is 0.231 e. The summed E-state index contributed by atoms with van der Waals surface area (Å²) in [7, 11) is 0. The summed E-state index contributed by atoms with van der Waals surface area (Å²) >= 11 is 0. The summed E-state index contributed by atoms with van der Waals surface area (Å²) in [6, 6.07) is 6.15. The highest BCUT2D eigenvalue weighted by Gasteiger charge is 2.21. The van der Waals surface area contributed by atoms with E-state index in [0.717, 1.165) is 37.3 Å². The van der Waals surface area contributed by atoms with Crippen LogP contribution < -0.4 is 20.5 Å². The van der Waals surface area contributed by atoms with Crippen molar-refractivity contribution in [2.45, 2.75) is 38.6 Å². The second-order valence-electron chi connectivity index (χ2n) is 5.74. The highest BCUT2D eigenvalue weighted by Crippen LogP contribution is 2.33. The molecule has 21 heavy (non-hydrogen) atoms. The van der Waals surface area contributed by atoms with Gasteiger partial charge in [-0.1, -0.05) is 18.2 Å². The molecule has 0 saturated heterocycles. The molecule has 1 aliphatic heterocycles. The Hall–Kier alpha value is -1.52. The van der Waals surface area contributed by atoms with Gasteiger partial charge in [-0.2, -0.15) is 0 Å². The summed E-state index contributed by atoms with van der Waals surface area (Å²) in [5.74, 6) is 1.69. The first kappa shape index (κ1) is 15.9. The molecule has 1 heterocycles. The Morgan fingerprint density at radius 3 is 2.90 bits per heavy atom. The highest BCUT2D eigenvalue weighted by atomic mass is 16.7. The Morgan fingerprint density at radius 1 is 1.33 bits per heavy atom. The zero-order valence-electron chi connectivity index (χ0n) is 13.0. The van der Waals surface area contributed by atoms with E-state index < -0.39 is 0 Å². The lowest BCUT2D eigenvalue weighted by Gasteiger charge is -2.29. The number of hydrogen-bond donors (Lipinski definition) is 2. The normalized spacial score (nSPS) is 16.3. The fourth-order valence-corrected chi connectivity index (χ4v) is 2.40. The van der Waals surface area contributed by atoms with E-state index >= 15 is 0 Å². The van der Waals surface area contributed by atoms with Gasteiger partial charge in [-0.25, -0.2) is 0 Å². The smallest absolute Gasteiger partial charge is 0.231 e. The van der Waals surface area contributed by atoms with Crippen LogP contribution in [0.25, 0.3) is 0 Å². The molecule has 0 fully saturated rings. The van der Waals surface area contributed by atoms with Crippen LogP contribution >= 0.6 is 0 Å². The molecule has 0 amide bonds. The summed E-state index contributed by atoms with van der Waals surface area (Å²) in [5, 5.41) is 3.57. The number of benzene rings is 1. The summed E-state index contributed by atoms with van der Waals surface area (Å²) in [4.78, 5) is 0. The van der Waals surface area contributed by atoms with E-state index in [0.29, 0.717) is 13.3 Å². The lowest BCUT2D eigenvalue weighted by Crippen LogP contribution is -2.49. The standard InChI is InChI=1S/C17H26N2O2/c1-3-4-5-10-19-17(2,12-18)9-8-14-6-7-15-16(11-14)21-13-20-15/h3-4,6-7,11,19H,5,8-10,12-13,18H2,1-2H3/b4-3+. The van der Waals surface area contributed by atoms with E-state index in [1.165, 1.54) is 5.56 Å². The minimum Gasteiger partial charge on any atom is -0.454 e. The largest absolute Gasteiger partial charge is 0.454 e. The van der Waals surface area contributed by atoms with Crippen molar-refractivity contribution < 1.29 is 9.47 Å². The average molecular weight is 290 g/mol. The minimum absolute atomic E-state index is 0.0298. The van der Waals surface area contributed by atoms with Crippen LogP contribution in [0, 0.1) is 0 Å². The lowest BCUT2D eigenvalue weighted by molar-refractivity contribution is 0.174. The molecule has 1 aromatic rings. The lowest BCUT2D eigenvalue weighted by atomic mass is 9.93. The van der Waals surface area contributed by atoms with Crippen LogP contribution in [0.15, 0.2) is 30.4 Å². The summed E-state index contributed by atoms with van der Waals surface area (Å²) in [6.45, 7) is 6.15. The Labute approximate surface area is 127 Å². The number of hydrogen-bond acceptors (Lipinski definition) is 4. The molecule has 2 rings (SSSR count). The van der Waals surface area contributed by atoms with Crippen LogP contribution in [0.3, 0.4) is 0 Å². The van der Waals surface area contributed by atoms with Crippen molar-refractivity contribution in [1.29, 1.82) is 0 Å². The first-order valence-electron chi connectivity index (χ1n) is 7.62. The van der Waals surface area contributed by atoms with Crippen LogP contribution in [0.1, 0.15) is 32.3 Å². The van der Waals surface area contributed by atoms with Crippen molar-refractivity contribution in [3.8, 4) is 11.5 Å². The quantitative estimate of drug-likeness (QED) is 0.571. The average Bonchev–Trinajstić information content (AvgIpc) is 2.97. The van der Waals surface area contributed by atoms with Crippen LogP contribution in [0.2, 0.25) is 0 Å². The summed E-state index contributed by atoms with van der Waals surface area (Å²) in [5.41, 5.74) is 7.18. The van der Waals surface area contributed by atoms with Gasteiger partial charge in [0.1, 0.15) is 0 Å². The Bertz CT molecular complexity index is 488. The molecule has 4 nitrogen and oxygen atoms in total. The predicted octanol–water partition coefficient (Wildman–Crippen LogP) is 2.62. The third-order valence-corrected chi connectivity index (χ3v) is 3.95. The molecule has 116 valence electrons. The fraction of sp³-hybridized carbons (Fsp3) is 0.529. The monoisotopic (exact) mass is 290 g/mol. The fourth-order valence-electron chi connectivity index (χ4n) is 2.40. The van der Waals surface area contributed by atoms with E-state index in [-0.39, 0.29) is 5.54 Å². The van der Waals surface area contributed by atoms with Crippen molar-refractivity contribution in [1.82, 2.24) is 5.32 Å². The minimum atomic E-state index is -0.0298. The van der Waals surface area contributed by atoms with Crippen LogP contribution in [0.5, 0.6) is 11.5 Å². The Balaban J connectivity index is 1.87. The zero-order chi connectivity index (χ0) is 15.1. The van der Waals surface area contributed by atoms with Gasteiger partial charge in [0.25, 0.3) is 0 Å². The molecule has 0 aliphatic carbocycles. The number of aryl methyl sites for hydroxylation is 1. The van der Waals surface area contributed by atoms with Crippen molar-refractivity contribution in [2.75, 3.05) is 19.9 Å². The SMILES string of the molecule is C/C=C/CCNC(C)(CN)CCc1ccc2c(c1)OCO2. The van der Waals surface area contributed by atoms with Gasteiger partial charge in [0.05, 0.1) is 0 Å². The van der Waals surface area contributed by atoms with Gasteiger partial charge < -0.3 is 20.5 Å². The molecule has 0 bridgehead atoms. The summed E-state index contributed by atoms with van der Waals surface area (Å²) in [6.07, 6.45) is 7.26. The van der Waals surface area contributed by atoms with Crippen molar-refractivity contribution in [3.05, 3.63) is 35.9 Å². The molecule has 0 saturated carbocycles. The maximum absolute atomic E-state index is 5.95. The van der Waals surface area contributed by atoms with Crippen LogP contribution in [0.4, 0.5) is 0 Å². The molecule has 0 spiro atoms. The molecule has 1 unspecified atom stereocenters. The topological polar surface area (TPSA) is 56.5 Å². The van der Waals surface area contributed by atoms with Gasteiger partial charge in [0.2, 0.25) is 6.79 Å². The number of ether oxygens (including phenoxy) is 2. The molecule has 1 aromatic carbocycles. The van der Waals surface area contributed by atoms with Gasteiger partial charge >= 0.3 is 0 Å². The predicted molar refractivity (Wildman–Crippen MR) is 85.8 cm³/mol. The van der Waals surface area contributed by atoms with Crippen molar-refractivity contribution >= 4 is 0 Å². The molecule has 1 atom stereocenters. The second kappa shape index (κ2) is 7.48. The van der Waals surface area contributed by atoms with Crippen LogP contribution in [-0.4, -0.2) is 25.4 Å². The highest BCUT2D eigenvalue weighted by molar-refractivity contribution is 5.44. The number of rotatable bonds is 8. The summed E-state index contributed by atoms with van der Waals surface area (Å²) < 4.78 is 10.8. The van der Waals surface area contributed by atoms with E-state index in [2.05, 4.69) is 36.5 Å². The maximum atomic E-state index is 5.95. The molecule has 0 aromatic heterocycles. The molecular weight excluding hydrogens is 264 g/mol. The third kappa shape index (κ3) is 4.48. The first-order chi connectivity index (χ1) is 10.2. The zero-order valence-corrected chi connectivity index (χ0v) is 13.0. The second-order valence-corrected chi connectivity index (χ2v) is 5.74. The Morgan fingerprint density at radius 2 is 2.14 bits per heavy atom. The van der Waals surface area contributed by atoms with E-state index in [4.69, 9.17) is 15.2 Å². The van der Waals surface area contributed by atoms with Gasteiger partial charge in [-0.15, -0.1) is 0 Å². The number of nitrogens with two attached hydrogens (primary N) is 1. The molecule has 1 aliphatic rings. The van der Waals surface area contributed by atoms with Crippen LogP contribution in [-0.2, 0) is 6.42 Å². The van der Waals surface area contributed by atoms with Crippen molar-refractivity contribution in [3.63, 3.8) is 0 Å². The molecular formula is C17H26N2O2. The van der Waals surface area contributed by atoms with Gasteiger partial charge in [-0.3, -0.25) is 0 Å². The van der Waals surface area contributed by atoms with E-state index in [1.807, 2.05) is 13.0 Å². The Kier molecular flexibility index (Phi) is 5.65. The first-order valence-corrected chi connectivity index (χ1v) is 7.62. The van der Waals surface area contributed by atoms with Gasteiger partial charge in [0.15, 0.2) is 11.5 Å². The van der Waals surface area contributed by atoms with Gasteiger partial charge in [-0.05, 0) is 57.4 Å². The van der Waals surface area contributed by atoms with E-state index in [9.17, 15) is 0 Å². The van der Waals surface area contributed by atoms with Crippen molar-refractivity contribution in [2.24, 2.45) is 5.73 Å². The molecule has 3 N–H and O–H groups in total. The third-order valence-electron chi connectivity index (χ3n) is 3.95. The van der Waals surface area contributed by atoms with Gasteiger partial charge in [0, 0.05) is 12.1 Å².